The average Bonchev–Trinajstić information content (AvgIpc) is 3.18. The number of amides is 2. The maximum absolute atomic E-state index is 13.0. The molecule has 32 heavy (non-hydrogen) atoms. The lowest BCUT2D eigenvalue weighted by Crippen LogP contribution is -2.31. The Hall–Kier alpha value is -3.66. The van der Waals surface area contributed by atoms with E-state index in [1.807, 2.05) is 44.2 Å². The highest BCUT2D eigenvalue weighted by molar-refractivity contribution is 7.92. The van der Waals surface area contributed by atoms with Gasteiger partial charge in [-0.15, -0.1) is 0 Å². The highest BCUT2D eigenvalue weighted by Gasteiger charge is 2.24. The standard InChI is InChI=1S/C22H25N5O4S/c1-4-26(5-2)22(29)19-15-23-27(18-9-7-6-8-10-18)20(19)24-21(28)16-11-13-17(14-12-16)25-32(3,30)31/h6-15,25H,4-5H2,1-3H3,(H,24,28). The zero-order valence-corrected chi connectivity index (χ0v) is 18.9. The summed E-state index contributed by atoms with van der Waals surface area (Å²) in [4.78, 5) is 27.6. The molecule has 9 nitrogen and oxygen atoms in total. The first kappa shape index (κ1) is 23.0. The third-order valence-electron chi connectivity index (χ3n) is 4.73. The number of carbonyl (C=O) groups is 2. The molecule has 0 aliphatic carbocycles. The smallest absolute Gasteiger partial charge is 0.259 e. The van der Waals surface area contributed by atoms with Gasteiger partial charge in [-0.3, -0.25) is 14.3 Å². The first-order valence-electron chi connectivity index (χ1n) is 10.1. The van der Waals surface area contributed by atoms with Crippen LogP contribution in [0.3, 0.4) is 0 Å². The normalized spacial score (nSPS) is 11.1. The zero-order chi connectivity index (χ0) is 23.3. The summed E-state index contributed by atoms with van der Waals surface area (Å²) in [6.07, 6.45) is 2.50. The molecule has 168 valence electrons. The molecule has 2 amide bonds. The van der Waals surface area contributed by atoms with Crippen LogP contribution >= 0.6 is 0 Å². The number of hydrogen-bond donors (Lipinski definition) is 2. The average molecular weight is 456 g/mol. The summed E-state index contributed by atoms with van der Waals surface area (Å²) in [5, 5.41) is 7.14. The number of carbonyl (C=O) groups excluding carboxylic acids is 2. The number of nitrogens with zero attached hydrogens (tertiary/aromatic N) is 3. The van der Waals surface area contributed by atoms with Crippen molar-refractivity contribution >= 4 is 33.3 Å². The quantitative estimate of drug-likeness (QED) is 0.542. The van der Waals surface area contributed by atoms with Gasteiger partial charge >= 0.3 is 0 Å². The molecule has 0 atom stereocenters. The summed E-state index contributed by atoms with van der Waals surface area (Å²) in [5.74, 6) is -0.432. The Morgan fingerprint density at radius 3 is 2.19 bits per heavy atom. The molecule has 2 N–H and O–H groups in total. The molecule has 1 aromatic heterocycles. The van der Waals surface area contributed by atoms with Gasteiger partial charge in [-0.1, -0.05) is 18.2 Å². The Labute approximate surface area is 187 Å². The van der Waals surface area contributed by atoms with Gasteiger partial charge in [0.15, 0.2) is 0 Å². The first-order chi connectivity index (χ1) is 15.2. The highest BCUT2D eigenvalue weighted by Crippen LogP contribution is 2.23. The number of anilines is 2. The number of rotatable bonds is 8. The summed E-state index contributed by atoms with van der Waals surface area (Å²) in [6, 6.07) is 15.2. The van der Waals surface area contributed by atoms with E-state index in [0.717, 1.165) is 6.26 Å². The molecule has 2 aromatic carbocycles. The maximum atomic E-state index is 13.0. The molecule has 1 heterocycles. The lowest BCUT2D eigenvalue weighted by Gasteiger charge is -2.19. The van der Waals surface area contributed by atoms with Crippen LogP contribution in [0.2, 0.25) is 0 Å². The predicted molar refractivity (Wildman–Crippen MR) is 124 cm³/mol. The second-order valence-electron chi connectivity index (χ2n) is 7.04. The van der Waals surface area contributed by atoms with Crippen LogP contribution in [0.4, 0.5) is 11.5 Å². The Kier molecular flexibility index (Phi) is 6.94. The fourth-order valence-corrected chi connectivity index (χ4v) is 3.72. The molecule has 0 fully saturated rings. The highest BCUT2D eigenvalue weighted by atomic mass is 32.2. The lowest BCUT2D eigenvalue weighted by atomic mass is 10.2. The molecule has 10 heteroatoms. The van der Waals surface area contributed by atoms with E-state index in [0.29, 0.717) is 30.0 Å². The third-order valence-corrected chi connectivity index (χ3v) is 5.34. The molecule has 0 spiro atoms. The monoisotopic (exact) mass is 455 g/mol. The molecule has 0 aliphatic heterocycles. The molecule has 3 rings (SSSR count). The van der Waals surface area contributed by atoms with Crippen LogP contribution in [-0.4, -0.2) is 54.3 Å². The third kappa shape index (κ3) is 5.33. The van der Waals surface area contributed by atoms with Crippen LogP contribution in [-0.2, 0) is 10.0 Å². The van der Waals surface area contributed by atoms with Gasteiger partial charge in [0.2, 0.25) is 10.0 Å². The molecule has 0 saturated heterocycles. The number of nitrogens with one attached hydrogen (secondary N) is 2. The van der Waals surface area contributed by atoms with Crippen molar-refractivity contribution in [2.45, 2.75) is 13.8 Å². The van der Waals surface area contributed by atoms with E-state index in [4.69, 9.17) is 0 Å². The van der Waals surface area contributed by atoms with Crippen molar-refractivity contribution in [3.8, 4) is 5.69 Å². The summed E-state index contributed by atoms with van der Waals surface area (Å²) in [5.41, 5.74) is 1.61. The predicted octanol–water partition coefficient (Wildman–Crippen LogP) is 2.98. The van der Waals surface area contributed by atoms with Crippen molar-refractivity contribution in [2.75, 3.05) is 29.4 Å². The van der Waals surface area contributed by atoms with Crippen molar-refractivity contribution in [3.05, 3.63) is 71.9 Å². The topological polar surface area (TPSA) is 113 Å². The van der Waals surface area contributed by atoms with Crippen LogP contribution in [0.15, 0.2) is 60.8 Å². The molecule has 0 saturated carbocycles. The van der Waals surface area contributed by atoms with Gasteiger partial charge in [-0.25, -0.2) is 13.1 Å². The van der Waals surface area contributed by atoms with Crippen LogP contribution in [0.5, 0.6) is 0 Å². The molecule has 0 bridgehead atoms. The largest absolute Gasteiger partial charge is 0.339 e. The van der Waals surface area contributed by atoms with Gasteiger partial charge in [0.1, 0.15) is 11.4 Å². The second kappa shape index (κ2) is 9.65. The van der Waals surface area contributed by atoms with E-state index in [-0.39, 0.29) is 17.3 Å². The molecular formula is C22H25N5O4S. The van der Waals surface area contributed by atoms with Crippen LogP contribution in [0.1, 0.15) is 34.6 Å². The number of para-hydroxylation sites is 1. The van der Waals surface area contributed by atoms with E-state index >= 15 is 0 Å². The van der Waals surface area contributed by atoms with Gasteiger partial charge < -0.3 is 10.2 Å². The zero-order valence-electron chi connectivity index (χ0n) is 18.1. The molecular weight excluding hydrogens is 430 g/mol. The van der Waals surface area contributed by atoms with Crippen LogP contribution in [0.25, 0.3) is 5.69 Å². The minimum Gasteiger partial charge on any atom is -0.339 e. The number of benzene rings is 2. The van der Waals surface area contributed by atoms with Crippen molar-refractivity contribution in [2.24, 2.45) is 0 Å². The van der Waals surface area contributed by atoms with Gasteiger partial charge in [-0.2, -0.15) is 5.10 Å². The van der Waals surface area contributed by atoms with Gasteiger partial charge in [0.05, 0.1) is 18.1 Å². The van der Waals surface area contributed by atoms with Gasteiger partial charge in [-0.05, 0) is 50.2 Å². The van der Waals surface area contributed by atoms with Gasteiger partial charge in [0, 0.05) is 24.3 Å². The molecule has 0 aliphatic rings. The fourth-order valence-electron chi connectivity index (χ4n) is 3.15. The Balaban J connectivity index is 1.95. The Morgan fingerprint density at radius 2 is 1.62 bits per heavy atom. The van der Waals surface area contributed by atoms with E-state index in [2.05, 4.69) is 15.1 Å². The first-order valence-corrected chi connectivity index (χ1v) is 11.9. The molecule has 3 aromatic rings. The Bertz CT molecular complexity index is 1200. The van der Waals surface area contributed by atoms with Crippen molar-refractivity contribution < 1.29 is 18.0 Å². The van der Waals surface area contributed by atoms with Crippen LogP contribution < -0.4 is 10.0 Å². The minimum absolute atomic E-state index is 0.236. The lowest BCUT2D eigenvalue weighted by molar-refractivity contribution is 0.0774. The SMILES string of the molecule is CCN(CC)C(=O)c1cnn(-c2ccccc2)c1NC(=O)c1ccc(NS(C)(=O)=O)cc1. The summed E-state index contributed by atoms with van der Waals surface area (Å²) in [6.45, 7) is 4.81. The van der Waals surface area contributed by atoms with E-state index < -0.39 is 15.9 Å². The fraction of sp³-hybridized carbons (Fsp3) is 0.227. The Morgan fingerprint density at radius 1 is 1.00 bits per heavy atom. The van der Waals surface area contributed by atoms with E-state index in [1.54, 1.807) is 4.90 Å². The number of sulfonamides is 1. The van der Waals surface area contributed by atoms with Crippen molar-refractivity contribution in [1.82, 2.24) is 14.7 Å². The molecule has 0 radical (unpaired) electrons. The van der Waals surface area contributed by atoms with E-state index in [1.165, 1.54) is 35.1 Å². The van der Waals surface area contributed by atoms with Crippen molar-refractivity contribution in [1.29, 1.82) is 0 Å². The maximum Gasteiger partial charge on any atom is 0.259 e. The molecule has 0 unspecified atom stereocenters. The number of aromatic nitrogens is 2. The van der Waals surface area contributed by atoms with Crippen LogP contribution in [0, 0.1) is 0 Å². The summed E-state index contributed by atoms with van der Waals surface area (Å²) >= 11 is 0. The summed E-state index contributed by atoms with van der Waals surface area (Å²) < 4.78 is 26.6. The summed E-state index contributed by atoms with van der Waals surface area (Å²) in [7, 11) is -3.42. The minimum atomic E-state index is -3.42. The second-order valence-corrected chi connectivity index (χ2v) is 8.79. The van der Waals surface area contributed by atoms with Gasteiger partial charge in [0.25, 0.3) is 11.8 Å². The van der Waals surface area contributed by atoms with E-state index in [9.17, 15) is 18.0 Å². The number of hydrogen-bond acceptors (Lipinski definition) is 5. The van der Waals surface area contributed by atoms with Crippen molar-refractivity contribution in [3.63, 3.8) is 0 Å².